The van der Waals surface area contributed by atoms with Crippen molar-refractivity contribution < 1.29 is 19.1 Å². The average Bonchev–Trinajstić information content (AvgIpc) is 3.06. The molecule has 1 fully saturated rings. The molecule has 1 heterocycles. The lowest BCUT2D eigenvalue weighted by molar-refractivity contribution is -0.128. The molecule has 2 aliphatic rings. The average molecular weight is 421 g/mol. The Bertz CT molecular complexity index is 973. The van der Waals surface area contributed by atoms with Crippen molar-refractivity contribution in [3.05, 3.63) is 65.2 Å². The molecule has 0 aromatic heterocycles. The molecule has 2 aromatic rings. The summed E-state index contributed by atoms with van der Waals surface area (Å²) >= 11 is 0. The summed E-state index contributed by atoms with van der Waals surface area (Å²) in [5.74, 6) is 0.319. The van der Waals surface area contributed by atoms with Gasteiger partial charge in [0.1, 0.15) is 11.8 Å². The fourth-order valence-corrected chi connectivity index (χ4v) is 4.28. The molecule has 2 atom stereocenters. The van der Waals surface area contributed by atoms with E-state index in [0.717, 1.165) is 24.8 Å². The molecule has 0 saturated carbocycles. The maximum atomic E-state index is 12.7. The summed E-state index contributed by atoms with van der Waals surface area (Å²) in [4.78, 5) is 38.7. The number of ether oxygens (including phenoxy) is 1. The van der Waals surface area contributed by atoms with Crippen LogP contribution in [0.4, 0.5) is 4.79 Å². The summed E-state index contributed by atoms with van der Waals surface area (Å²) in [5, 5.41) is 5.80. The number of aryl methyl sites for hydroxylation is 1. The fraction of sp³-hybridized carbons (Fsp3) is 0.375. The van der Waals surface area contributed by atoms with E-state index in [4.69, 9.17) is 4.74 Å². The predicted molar refractivity (Wildman–Crippen MR) is 115 cm³/mol. The van der Waals surface area contributed by atoms with Crippen LogP contribution in [0.5, 0.6) is 5.75 Å². The Kier molecular flexibility index (Phi) is 6.21. The predicted octanol–water partition coefficient (Wildman–Crippen LogP) is 3.09. The standard InChI is InChI=1S/C24H27N3O4/c1-31-18-11-9-16(10-12-18)15-27-23(29)21(26-24(27)30)13-14-22(28)25-20-8-4-6-17-5-2-3-7-19(17)20/h2-3,5,7,9-12,20-21H,4,6,8,13-15H2,1H3,(H,25,28)(H,26,30)/t20?,21-/m0/s1. The van der Waals surface area contributed by atoms with Crippen LogP contribution >= 0.6 is 0 Å². The Balaban J connectivity index is 1.30. The molecule has 1 saturated heterocycles. The van der Waals surface area contributed by atoms with Crippen molar-refractivity contribution in [2.45, 2.75) is 50.7 Å². The van der Waals surface area contributed by atoms with Gasteiger partial charge in [0, 0.05) is 6.42 Å². The Morgan fingerprint density at radius 2 is 1.94 bits per heavy atom. The van der Waals surface area contributed by atoms with Crippen LogP contribution in [-0.2, 0) is 22.6 Å². The number of urea groups is 1. The number of nitrogens with one attached hydrogen (secondary N) is 2. The zero-order chi connectivity index (χ0) is 21.8. The van der Waals surface area contributed by atoms with Crippen LogP contribution in [0.1, 0.15) is 48.4 Å². The SMILES string of the molecule is COc1ccc(CN2C(=O)N[C@@H](CCC(=O)NC3CCCc4ccccc43)C2=O)cc1. The third-order valence-electron chi connectivity index (χ3n) is 5.97. The zero-order valence-corrected chi connectivity index (χ0v) is 17.6. The van der Waals surface area contributed by atoms with Gasteiger partial charge in [-0.05, 0) is 54.5 Å². The number of rotatable bonds is 7. The van der Waals surface area contributed by atoms with Crippen LogP contribution in [0.15, 0.2) is 48.5 Å². The highest BCUT2D eigenvalue weighted by Gasteiger charge is 2.38. The van der Waals surface area contributed by atoms with Crippen molar-refractivity contribution in [3.63, 3.8) is 0 Å². The van der Waals surface area contributed by atoms with Gasteiger partial charge in [0.25, 0.3) is 5.91 Å². The summed E-state index contributed by atoms with van der Waals surface area (Å²) in [6.45, 7) is 0.191. The lowest BCUT2D eigenvalue weighted by atomic mass is 9.87. The van der Waals surface area contributed by atoms with Crippen LogP contribution in [0.25, 0.3) is 0 Å². The van der Waals surface area contributed by atoms with E-state index in [9.17, 15) is 14.4 Å². The van der Waals surface area contributed by atoms with Gasteiger partial charge in [-0.3, -0.25) is 14.5 Å². The number of amides is 4. The quantitative estimate of drug-likeness (QED) is 0.673. The Morgan fingerprint density at radius 3 is 2.71 bits per heavy atom. The summed E-state index contributed by atoms with van der Waals surface area (Å²) in [5.41, 5.74) is 3.29. The largest absolute Gasteiger partial charge is 0.497 e. The lowest BCUT2D eigenvalue weighted by Gasteiger charge is -2.26. The number of carbonyl (C=O) groups is 3. The molecule has 7 nitrogen and oxygen atoms in total. The highest BCUT2D eigenvalue weighted by Crippen LogP contribution is 2.29. The molecule has 2 aromatic carbocycles. The summed E-state index contributed by atoms with van der Waals surface area (Å²) in [6.07, 6.45) is 3.46. The summed E-state index contributed by atoms with van der Waals surface area (Å²) in [7, 11) is 1.58. The first-order valence-corrected chi connectivity index (χ1v) is 10.7. The highest BCUT2D eigenvalue weighted by molar-refractivity contribution is 6.04. The van der Waals surface area contributed by atoms with Gasteiger partial charge in [0.05, 0.1) is 19.7 Å². The minimum absolute atomic E-state index is 0.0119. The molecule has 4 amide bonds. The maximum absolute atomic E-state index is 12.7. The number of fused-ring (bicyclic) bond motifs is 1. The molecule has 1 unspecified atom stereocenters. The van der Waals surface area contributed by atoms with E-state index in [0.29, 0.717) is 5.75 Å². The molecule has 31 heavy (non-hydrogen) atoms. The molecule has 1 aliphatic carbocycles. The van der Waals surface area contributed by atoms with Gasteiger partial charge < -0.3 is 15.4 Å². The molecular formula is C24H27N3O4. The molecule has 7 heteroatoms. The second-order valence-electron chi connectivity index (χ2n) is 8.02. The van der Waals surface area contributed by atoms with Crippen molar-refractivity contribution >= 4 is 17.8 Å². The third-order valence-corrected chi connectivity index (χ3v) is 5.97. The van der Waals surface area contributed by atoms with Crippen LogP contribution in [-0.4, -0.2) is 35.9 Å². The molecule has 4 rings (SSSR count). The second kappa shape index (κ2) is 9.20. The van der Waals surface area contributed by atoms with Gasteiger partial charge in [0.15, 0.2) is 0 Å². The molecule has 0 spiro atoms. The van der Waals surface area contributed by atoms with E-state index in [1.807, 2.05) is 24.3 Å². The molecule has 162 valence electrons. The highest BCUT2D eigenvalue weighted by atomic mass is 16.5. The van der Waals surface area contributed by atoms with E-state index < -0.39 is 12.1 Å². The summed E-state index contributed by atoms with van der Waals surface area (Å²) in [6, 6.07) is 14.3. The summed E-state index contributed by atoms with van der Waals surface area (Å²) < 4.78 is 5.13. The van der Waals surface area contributed by atoms with Crippen LogP contribution in [0.2, 0.25) is 0 Å². The normalized spacial score (nSPS) is 20.2. The number of imide groups is 1. The smallest absolute Gasteiger partial charge is 0.325 e. The van der Waals surface area contributed by atoms with Crippen LogP contribution < -0.4 is 15.4 Å². The number of nitrogens with zero attached hydrogens (tertiary/aromatic N) is 1. The van der Waals surface area contributed by atoms with E-state index in [-0.39, 0.29) is 37.2 Å². The lowest BCUT2D eigenvalue weighted by Crippen LogP contribution is -2.34. The van der Waals surface area contributed by atoms with Gasteiger partial charge in [-0.15, -0.1) is 0 Å². The zero-order valence-electron chi connectivity index (χ0n) is 17.6. The van der Waals surface area contributed by atoms with E-state index >= 15 is 0 Å². The fourth-order valence-electron chi connectivity index (χ4n) is 4.28. The monoisotopic (exact) mass is 421 g/mol. The number of hydrogen-bond acceptors (Lipinski definition) is 4. The molecule has 1 aliphatic heterocycles. The van der Waals surface area contributed by atoms with Crippen molar-refractivity contribution in [2.75, 3.05) is 7.11 Å². The number of methoxy groups -OCH3 is 1. The van der Waals surface area contributed by atoms with Crippen molar-refractivity contribution in [2.24, 2.45) is 0 Å². The van der Waals surface area contributed by atoms with Gasteiger partial charge in [0.2, 0.25) is 5.91 Å². The van der Waals surface area contributed by atoms with Gasteiger partial charge in [-0.25, -0.2) is 4.79 Å². The van der Waals surface area contributed by atoms with E-state index in [1.54, 1.807) is 19.2 Å². The van der Waals surface area contributed by atoms with E-state index in [1.165, 1.54) is 16.0 Å². The Morgan fingerprint density at radius 1 is 1.16 bits per heavy atom. The van der Waals surface area contributed by atoms with Crippen molar-refractivity contribution in [3.8, 4) is 5.75 Å². The van der Waals surface area contributed by atoms with E-state index in [2.05, 4.69) is 22.8 Å². The molecule has 2 N–H and O–H groups in total. The number of carbonyl (C=O) groups excluding carboxylic acids is 3. The van der Waals surface area contributed by atoms with Gasteiger partial charge in [-0.2, -0.15) is 0 Å². The molecular weight excluding hydrogens is 394 g/mol. The van der Waals surface area contributed by atoms with Gasteiger partial charge >= 0.3 is 6.03 Å². The molecule has 0 bridgehead atoms. The third kappa shape index (κ3) is 4.71. The molecule has 0 radical (unpaired) electrons. The Hall–Kier alpha value is -3.35. The second-order valence-corrected chi connectivity index (χ2v) is 8.02. The topological polar surface area (TPSA) is 87.7 Å². The van der Waals surface area contributed by atoms with Crippen LogP contribution in [0, 0.1) is 0 Å². The van der Waals surface area contributed by atoms with Crippen molar-refractivity contribution in [1.29, 1.82) is 0 Å². The first-order valence-electron chi connectivity index (χ1n) is 10.7. The maximum Gasteiger partial charge on any atom is 0.325 e. The first kappa shape index (κ1) is 20.9. The minimum atomic E-state index is -0.671. The number of benzene rings is 2. The van der Waals surface area contributed by atoms with Gasteiger partial charge in [-0.1, -0.05) is 36.4 Å². The minimum Gasteiger partial charge on any atom is -0.497 e. The Labute approximate surface area is 181 Å². The van der Waals surface area contributed by atoms with Crippen molar-refractivity contribution in [1.82, 2.24) is 15.5 Å². The first-order chi connectivity index (χ1) is 15.0. The number of hydrogen-bond donors (Lipinski definition) is 2. The van der Waals surface area contributed by atoms with Crippen LogP contribution in [0.3, 0.4) is 0 Å².